The lowest BCUT2D eigenvalue weighted by atomic mass is 10.0. The molecule has 4 heteroatoms. The van der Waals surface area contributed by atoms with Crippen molar-refractivity contribution in [1.82, 2.24) is 4.98 Å². The number of hydrogen-bond donors (Lipinski definition) is 1. The van der Waals surface area contributed by atoms with Gasteiger partial charge in [0.05, 0.1) is 10.2 Å². The number of rotatable bonds is 3. The second kappa shape index (κ2) is 5.61. The minimum atomic E-state index is 0.972. The second-order valence-electron chi connectivity index (χ2n) is 5.72. The summed E-state index contributed by atoms with van der Waals surface area (Å²) < 4.78 is 1.26. The average Bonchev–Trinajstić information content (AvgIpc) is 2.98. The molecule has 0 radical (unpaired) electrons. The van der Waals surface area contributed by atoms with Crippen LogP contribution >= 0.6 is 11.3 Å². The first-order chi connectivity index (χ1) is 10.8. The van der Waals surface area contributed by atoms with Crippen molar-refractivity contribution in [2.24, 2.45) is 0 Å². The smallest absolute Gasteiger partial charge is 0.183 e. The lowest BCUT2D eigenvalue weighted by molar-refractivity contribution is 0.691. The highest BCUT2D eigenvalue weighted by Gasteiger charge is 2.16. The minimum Gasteiger partial charge on any atom is -0.367 e. The van der Waals surface area contributed by atoms with E-state index in [-0.39, 0.29) is 0 Å². The number of aryl methyl sites for hydroxylation is 1. The van der Waals surface area contributed by atoms with E-state index in [9.17, 15) is 0 Å². The molecule has 1 aromatic heterocycles. The summed E-state index contributed by atoms with van der Waals surface area (Å²) in [6.45, 7) is 2.11. The van der Waals surface area contributed by atoms with Gasteiger partial charge in [-0.15, -0.1) is 0 Å². The zero-order valence-corrected chi connectivity index (χ0v) is 13.5. The van der Waals surface area contributed by atoms with E-state index in [1.54, 1.807) is 11.3 Å². The zero-order chi connectivity index (χ0) is 14.9. The largest absolute Gasteiger partial charge is 0.367 e. The Morgan fingerprint density at radius 1 is 1.23 bits per heavy atom. The number of nitrogens with one attached hydrogen (secondary N) is 1. The fraction of sp³-hybridized carbons (Fsp3) is 0.278. The van der Waals surface area contributed by atoms with Crippen LogP contribution in [0.25, 0.3) is 10.2 Å². The fourth-order valence-corrected chi connectivity index (χ4v) is 4.05. The van der Waals surface area contributed by atoms with E-state index < -0.39 is 0 Å². The first kappa shape index (κ1) is 13.6. The van der Waals surface area contributed by atoms with Crippen molar-refractivity contribution in [2.45, 2.75) is 19.4 Å². The molecule has 2 heterocycles. The van der Waals surface area contributed by atoms with Gasteiger partial charge < -0.3 is 10.2 Å². The topological polar surface area (TPSA) is 28.2 Å². The first-order valence-corrected chi connectivity index (χ1v) is 8.55. The molecule has 4 rings (SSSR count). The number of fused-ring (bicyclic) bond motifs is 2. The molecule has 0 atom stereocenters. The van der Waals surface area contributed by atoms with Gasteiger partial charge in [-0.1, -0.05) is 35.6 Å². The summed E-state index contributed by atoms with van der Waals surface area (Å²) >= 11 is 1.72. The SMILES string of the molecule is CNc1nc2ccc(CN3CCCc4ccccc43)cc2s1. The Morgan fingerprint density at radius 2 is 2.14 bits per heavy atom. The monoisotopic (exact) mass is 309 g/mol. The average molecular weight is 309 g/mol. The molecule has 0 spiro atoms. The Kier molecular flexibility index (Phi) is 3.47. The molecule has 1 aliphatic heterocycles. The van der Waals surface area contributed by atoms with Crippen LogP contribution in [0.3, 0.4) is 0 Å². The van der Waals surface area contributed by atoms with Crippen molar-refractivity contribution in [2.75, 3.05) is 23.8 Å². The zero-order valence-electron chi connectivity index (χ0n) is 12.7. The highest BCUT2D eigenvalue weighted by atomic mass is 32.1. The van der Waals surface area contributed by atoms with Crippen molar-refractivity contribution in [3.8, 4) is 0 Å². The molecule has 0 aliphatic carbocycles. The Balaban J connectivity index is 1.64. The van der Waals surface area contributed by atoms with E-state index in [0.717, 1.165) is 23.7 Å². The summed E-state index contributed by atoms with van der Waals surface area (Å²) in [6, 6.07) is 15.4. The van der Waals surface area contributed by atoms with E-state index in [4.69, 9.17) is 0 Å². The Bertz CT molecular complexity index is 809. The molecule has 0 amide bonds. The third kappa shape index (κ3) is 2.44. The highest BCUT2D eigenvalue weighted by Crippen LogP contribution is 2.30. The summed E-state index contributed by atoms with van der Waals surface area (Å²) in [5.74, 6) is 0. The summed E-state index contributed by atoms with van der Waals surface area (Å²) in [7, 11) is 1.92. The molecular weight excluding hydrogens is 290 g/mol. The molecule has 3 nitrogen and oxygen atoms in total. The van der Waals surface area contributed by atoms with Gasteiger partial charge in [0.25, 0.3) is 0 Å². The van der Waals surface area contributed by atoms with Crippen LogP contribution in [0.5, 0.6) is 0 Å². The summed E-state index contributed by atoms with van der Waals surface area (Å²) in [5, 5.41) is 4.11. The standard InChI is InChI=1S/C18H19N3S/c1-19-18-20-15-9-8-13(11-17(15)22-18)12-21-10-4-6-14-5-2-3-7-16(14)21/h2-3,5,7-9,11H,4,6,10,12H2,1H3,(H,19,20). The van der Waals surface area contributed by atoms with Crippen LogP contribution < -0.4 is 10.2 Å². The van der Waals surface area contributed by atoms with Gasteiger partial charge in [0, 0.05) is 25.8 Å². The number of hydrogen-bond acceptors (Lipinski definition) is 4. The second-order valence-corrected chi connectivity index (χ2v) is 6.76. The molecular formula is C18H19N3S. The molecule has 0 bridgehead atoms. The van der Waals surface area contributed by atoms with Gasteiger partial charge in [0.15, 0.2) is 5.13 Å². The Labute approximate surface area is 134 Å². The molecule has 22 heavy (non-hydrogen) atoms. The molecule has 0 saturated carbocycles. The van der Waals surface area contributed by atoms with Gasteiger partial charge in [-0.3, -0.25) is 0 Å². The van der Waals surface area contributed by atoms with Gasteiger partial charge in [-0.2, -0.15) is 0 Å². The number of nitrogens with zero attached hydrogens (tertiary/aromatic N) is 2. The summed E-state index contributed by atoms with van der Waals surface area (Å²) in [4.78, 5) is 7.05. The van der Waals surface area contributed by atoms with Crippen molar-refractivity contribution in [3.63, 3.8) is 0 Å². The molecule has 0 saturated heterocycles. The molecule has 112 valence electrons. The number of anilines is 2. The predicted molar refractivity (Wildman–Crippen MR) is 95.0 cm³/mol. The highest BCUT2D eigenvalue weighted by molar-refractivity contribution is 7.22. The van der Waals surface area contributed by atoms with Crippen LogP contribution in [0.2, 0.25) is 0 Å². The van der Waals surface area contributed by atoms with Crippen molar-refractivity contribution >= 4 is 32.4 Å². The minimum absolute atomic E-state index is 0.972. The quantitative estimate of drug-likeness (QED) is 0.782. The van der Waals surface area contributed by atoms with Gasteiger partial charge in [-0.05, 0) is 42.2 Å². The van der Waals surface area contributed by atoms with Crippen LogP contribution in [-0.4, -0.2) is 18.6 Å². The summed E-state index contributed by atoms with van der Waals surface area (Å²) in [5.41, 5.74) is 5.31. The third-order valence-electron chi connectivity index (χ3n) is 4.25. The number of benzene rings is 2. The van der Waals surface area contributed by atoms with Crippen molar-refractivity contribution in [1.29, 1.82) is 0 Å². The maximum Gasteiger partial charge on any atom is 0.183 e. The normalized spacial score (nSPS) is 14.1. The van der Waals surface area contributed by atoms with E-state index in [1.165, 1.54) is 34.4 Å². The maximum atomic E-state index is 4.55. The number of thiazole rings is 1. The van der Waals surface area contributed by atoms with E-state index in [1.807, 2.05) is 7.05 Å². The van der Waals surface area contributed by atoms with Crippen molar-refractivity contribution in [3.05, 3.63) is 53.6 Å². The molecule has 0 fully saturated rings. The van der Waals surface area contributed by atoms with Crippen LogP contribution in [0, 0.1) is 0 Å². The van der Waals surface area contributed by atoms with Gasteiger partial charge in [0.1, 0.15) is 0 Å². The van der Waals surface area contributed by atoms with E-state index in [0.29, 0.717) is 0 Å². The molecule has 1 N–H and O–H groups in total. The van der Waals surface area contributed by atoms with Crippen LogP contribution in [-0.2, 0) is 13.0 Å². The molecule has 3 aromatic rings. The summed E-state index contributed by atoms with van der Waals surface area (Å²) in [6.07, 6.45) is 2.44. The number of aromatic nitrogens is 1. The van der Waals surface area contributed by atoms with Crippen LogP contribution in [0.1, 0.15) is 17.5 Å². The first-order valence-electron chi connectivity index (χ1n) is 7.73. The Hall–Kier alpha value is -2.07. The van der Waals surface area contributed by atoms with E-state index >= 15 is 0 Å². The lowest BCUT2D eigenvalue weighted by Gasteiger charge is -2.31. The molecule has 2 aromatic carbocycles. The van der Waals surface area contributed by atoms with Gasteiger partial charge >= 0.3 is 0 Å². The third-order valence-corrected chi connectivity index (χ3v) is 5.28. The van der Waals surface area contributed by atoms with E-state index in [2.05, 4.69) is 57.7 Å². The number of para-hydroxylation sites is 1. The van der Waals surface area contributed by atoms with Gasteiger partial charge in [0.2, 0.25) is 0 Å². The fourth-order valence-electron chi connectivity index (χ4n) is 3.17. The van der Waals surface area contributed by atoms with Crippen LogP contribution in [0.15, 0.2) is 42.5 Å². The molecule has 0 unspecified atom stereocenters. The lowest BCUT2D eigenvalue weighted by Crippen LogP contribution is -2.28. The van der Waals surface area contributed by atoms with Crippen molar-refractivity contribution < 1.29 is 0 Å². The van der Waals surface area contributed by atoms with Gasteiger partial charge in [-0.25, -0.2) is 4.98 Å². The molecule has 1 aliphatic rings. The Morgan fingerprint density at radius 3 is 3.05 bits per heavy atom. The maximum absolute atomic E-state index is 4.55. The predicted octanol–water partition coefficient (Wildman–Crippen LogP) is 4.29. The van der Waals surface area contributed by atoms with Crippen LogP contribution in [0.4, 0.5) is 10.8 Å².